The van der Waals surface area contributed by atoms with Crippen molar-refractivity contribution >= 4 is 66.4 Å². The fourth-order valence-corrected chi connectivity index (χ4v) is 3.65. The molecule has 1 amide bonds. The Morgan fingerprint density at radius 2 is 1.89 bits per heavy atom. The summed E-state index contributed by atoms with van der Waals surface area (Å²) in [7, 11) is 0. The van der Waals surface area contributed by atoms with E-state index in [-0.39, 0.29) is 5.91 Å². The van der Waals surface area contributed by atoms with Gasteiger partial charge in [-0.25, -0.2) is 0 Å². The Hall–Kier alpha value is -0.360. The summed E-state index contributed by atoms with van der Waals surface area (Å²) in [6.45, 7) is 3.87. The first kappa shape index (κ1) is 15.0. The second-order valence-corrected chi connectivity index (χ2v) is 7.73. The van der Waals surface area contributed by atoms with E-state index >= 15 is 0 Å². The Morgan fingerprint density at radius 1 is 1.21 bits per heavy atom. The summed E-state index contributed by atoms with van der Waals surface area (Å²) in [6, 6.07) is 5.48. The molecule has 1 N–H and O–H groups in total. The maximum atomic E-state index is 12.1. The van der Waals surface area contributed by atoms with Gasteiger partial charge >= 0.3 is 0 Å². The van der Waals surface area contributed by atoms with Gasteiger partial charge in [0.05, 0.1) is 14.4 Å². The largest absolute Gasteiger partial charge is 0.320 e. The van der Waals surface area contributed by atoms with Crippen molar-refractivity contribution in [3.8, 4) is 0 Å². The summed E-state index contributed by atoms with van der Waals surface area (Å²) in [5, 5.41) is 3.48. The average molecular weight is 424 g/mol. The highest BCUT2D eigenvalue weighted by atomic mass is 79.9. The van der Waals surface area contributed by atoms with Crippen molar-refractivity contribution in [2.24, 2.45) is 0 Å². The van der Waals surface area contributed by atoms with Crippen LogP contribution in [0.1, 0.15) is 20.8 Å². The third-order valence-corrected chi connectivity index (χ3v) is 5.78. The third-order valence-electron chi connectivity index (χ3n) is 2.58. The van der Waals surface area contributed by atoms with Crippen molar-refractivity contribution in [3.05, 3.63) is 47.5 Å². The van der Waals surface area contributed by atoms with E-state index in [1.165, 1.54) is 11.3 Å². The maximum Gasteiger partial charge on any atom is 0.265 e. The number of nitrogens with one attached hydrogen (secondary N) is 1. The highest BCUT2D eigenvalue weighted by molar-refractivity contribution is 9.11. The molecule has 0 spiro atoms. The first-order chi connectivity index (χ1) is 8.88. The summed E-state index contributed by atoms with van der Waals surface area (Å²) in [6.07, 6.45) is 0. The van der Waals surface area contributed by atoms with Gasteiger partial charge in [0, 0.05) is 9.50 Å². The smallest absolute Gasteiger partial charge is 0.265 e. The van der Waals surface area contributed by atoms with Crippen molar-refractivity contribution in [2.45, 2.75) is 13.8 Å². The second kappa shape index (κ2) is 5.95. The van der Waals surface area contributed by atoms with E-state index in [2.05, 4.69) is 37.2 Å². The predicted octanol–water partition coefficient (Wildman–Crippen LogP) is 5.80. The molecule has 2 nitrogen and oxygen atoms in total. The monoisotopic (exact) mass is 421 g/mol. The maximum absolute atomic E-state index is 12.1. The zero-order chi connectivity index (χ0) is 14.2. The van der Waals surface area contributed by atoms with Crippen molar-refractivity contribution in [1.29, 1.82) is 0 Å². The lowest BCUT2D eigenvalue weighted by atomic mass is 10.2. The van der Waals surface area contributed by atoms with Crippen LogP contribution < -0.4 is 5.32 Å². The van der Waals surface area contributed by atoms with Gasteiger partial charge in [0.15, 0.2) is 0 Å². The Labute approximate surface area is 137 Å². The van der Waals surface area contributed by atoms with Crippen LogP contribution in [0.4, 0.5) is 5.69 Å². The highest BCUT2D eigenvalue weighted by Crippen LogP contribution is 2.31. The zero-order valence-corrected chi connectivity index (χ0v) is 14.9. The summed E-state index contributed by atoms with van der Waals surface area (Å²) in [5.74, 6) is -0.139. The quantitative estimate of drug-likeness (QED) is 0.650. The topological polar surface area (TPSA) is 29.1 Å². The molecule has 1 aromatic heterocycles. The van der Waals surface area contributed by atoms with Crippen LogP contribution >= 0.6 is 54.8 Å². The predicted molar refractivity (Wildman–Crippen MR) is 88.6 cm³/mol. The first-order valence-corrected chi connectivity index (χ1v) is 8.19. The number of hydrogen-bond acceptors (Lipinski definition) is 2. The van der Waals surface area contributed by atoms with Gasteiger partial charge < -0.3 is 5.32 Å². The molecule has 19 heavy (non-hydrogen) atoms. The Morgan fingerprint density at radius 3 is 2.47 bits per heavy atom. The Kier molecular flexibility index (Phi) is 4.71. The number of thiophene rings is 1. The Balaban J connectivity index is 2.26. The molecular weight excluding hydrogens is 413 g/mol. The molecule has 100 valence electrons. The van der Waals surface area contributed by atoms with Gasteiger partial charge in [0.1, 0.15) is 0 Å². The number of carbonyl (C=O) groups is 1. The number of halogens is 3. The average Bonchev–Trinajstić information content (AvgIpc) is 2.67. The summed E-state index contributed by atoms with van der Waals surface area (Å²) in [5.41, 5.74) is 2.68. The van der Waals surface area contributed by atoms with Crippen LogP contribution in [0.15, 0.2) is 26.5 Å². The number of carbonyl (C=O) groups excluding carboxylic acids is 1. The molecule has 0 saturated heterocycles. The van der Waals surface area contributed by atoms with Crippen molar-refractivity contribution in [3.63, 3.8) is 0 Å². The van der Waals surface area contributed by atoms with Crippen LogP contribution in [0, 0.1) is 13.8 Å². The van der Waals surface area contributed by atoms with Gasteiger partial charge in [-0.05, 0) is 75.0 Å². The zero-order valence-electron chi connectivity index (χ0n) is 10.2. The molecule has 0 unspecified atom stereocenters. The minimum Gasteiger partial charge on any atom is -0.320 e. The summed E-state index contributed by atoms with van der Waals surface area (Å²) >= 11 is 14.3. The van der Waals surface area contributed by atoms with Crippen molar-refractivity contribution in [2.75, 3.05) is 5.32 Å². The fraction of sp³-hybridized carbons (Fsp3) is 0.154. The molecule has 0 aliphatic carbocycles. The molecule has 6 heteroatoms. The fourth-order valence-electron chi connectivity index (χ4n) is 1.50. The summed E-state index contributed by atoms with van der Waals surface area (Å²) < 4.78 is 1.79. The van der Waals surface area contributed by atoms with Crippen molar-refractivity contribution < 1.29 is 4.79 Å². The van der Waals surface area contributed by atoms with Crippen LogP contribution in [0.25, 0.3) is 0 Å². The molecule has 0 aliphatic heterocycles. The van der Waals surface area contributed by atoms with E-state index in [0.29, 0.717) is 15.6 Å². The summed E-state index contributed by atoms with van der Waals surface area (Å²) in [4.78, 5) is 12.8. The van der Waals surface area contributed by atoms with Crippen molar-refractivity contribution in [1.82, 2.24) is 0 Å². The van der Waals surface area contributed by atoms with Gasteiger partial charge in [-0.3, -0.25) is 4.79 Å². The second-order valence-electron chi connectivity index (χ2n) is 4.10. The van der Waals surface area contributed by atoms with Gasteiger partial charge in [-0.15, -0.1) is 11.3 Å². The molecule has 0 radical (unpaired) electrons. The molecule has 0 aliphatic rings. The lowest BCUT2D eigenvalue weighted by Gasteiger charge is -2.08. The van der Waals surface area contributed by atoms with Gasteiger partial charge in [-0.1, -0.05) is 11.6 Å². The Bertz CT molecular complexity index is 635. The number of anilines is 1. The molecule has 1 heterocycles. The van der Waals surface area contributed by atoms with Crippen LogP contribution in [-0.2, 0) is 0 Å². The minimum atomic E-state index is -0.139. The lowest BCUT2D eigenvalue weighted by molar-refractivity contribution is 0.103. The van der Waals surface area contributed by atoms with E-state index in [1.54, 1.807) is 6.07 Å². The number of aryl methyl sites for hydroxylation is 2. The van der Waals surface area contributed by atoms with Crippen LogP contribution in [0.3, 0.4) is 0 Å². The number of rotatable bonds is 2. The molecule has 0 atom stereocenters. The lowest BCUT2D eigenvalue weighted by Crippen LogP contribution is -2.10. The SMILES string of the molecule is Cc1cc(Br)c(NC(=O)c2cc(C)c(Br)s2)cc1Cl. The number of benzene rings is 1. The van der Waals surface area contributed by atoms with Crippen LogP contribution in [-0.4, -0.2) is 5.91 Å². The van der Waals surface area contributed by atoms with E-state index in [1.807, 2.05) is 26.0 Å². The number of amides is 1. The molecule has 0 fully saturated rings. The van der Waals surface area contributed by atoms with Crippen LogP contribution in [0.5, 0.6) is 0 Å². The number of hydrogen-bond donors (Lipinski definition) is 1. The van der Waals surface area contributed by atoms with E-state index in [9.17, 15) is 4.79 Å². The first-order valence-electron chi connectivity index (χ1n) is 5.41. The molecule has 2 rings (SSSR count). The minimum absolute atomic E-state index is 0.139. The van der Waals surface area contributed by atoms with Gasteiger partial charge in [0.25, 0.3) is 5.91 Å². The third kappa shape index (κ3) is 3.40. The van der Waals surface area contributed by atoms with E-state index in [4.69, 9.17) is 11.6 Å². The van der Waals surface area contributed by atoms with E-state index in [0.717, 1.165) is 19.4 Å². The normalized spacial score (nSPS) is 10.6. The molecule has 2 aromatic rings. The van der Waals surface area contributed by atoms with Gasteiger partial charge in [0.2, 0.25) is 0 Å². The molecule has 0 saturated carbocycles. The highest BCUT2D eigenvalue weighted by Gasteiger charge is 2.13. The van der Waals surface area contributed by atoms with Gasteiger partial charge in [-0.2, -0.15) is 0 Å². The molecule has 0 bridgehead atoms. The standard InChI is InChI=1S/C13H10Br2ClNOS/c1-6-3-8(14)10(5-9(6)16)17-13(18)11-4-7(2)12(15)19-11/h3-5H,1-2H3,(H,17,18). The molecular formula is C13H10Br2ClNOS. The van der Waals surface area contributed by atoms with Crippen LogP contribution in [0.2, 0.25) is 5.02 Å². The molecule has 1 aromatic carbocycles. The van der Waals surface area contributed by atoms with E-state index < -0.39 is 0 Å².